The Labute approximate surface area is 105 Å². The van der Waals surface area contributed by atoms with E-state index in [-0.39, 0.29) is 17.9 Å². The largest absolute Gasteiger partial charge is 0.388 e. The zero-order valence-corrected chi connectivity index (χ0v) is 11.8. The Morgan fingerprint density at radius 2 is 1.82 bits per heavy atom. The zero-order valence-electron chi connectivity index (χ0n) is 11.8. The summed E-state index contributed by atoms with van der Waals surface area (Å²) >= 11 is 0. The van der Waals surface area contributed by atoms with Crippen LogP contribution in [0.15, 0.2) is 0 Å². The third-order valence-electron chi connectivity index (χ3n) is 2.61. The zero-order chi connectivity index (χ0) is 13.5. The maximum atomic E-state index is 11.6. The number of ether oxygens (including phenoxy) is 1. The molecule has 4 nitrogen and oxygen atoms in total. The Kier molecular flexibility index (Phi) is 6.72. The minimum Gasteiger partial charge on any atom is -0.388 e. The second-order valence-electron chi connectivity index (χ2n) is 6.08. The lowest BCUT2D eigenvalue weighted by atomic mass is 9.90. The first kappa shape index (κ1) is 16.4. The van der Waals surface area contributed by atoms with E-state index in [0.29, 0.717) is 19.4 Å². The van der Waals surface area contributed by atoms with Crippen molar-refractivity contribution in [2.45, 2.75) is 52.6 Å². The number of amides is 1. The van der Waals surface area contributed by atoms with Gasteiger partial charge < -0.3 is 15.2 Å². The first-order valence-electron chi connectivity index (χ1n) is 6.14. The molecular weight excluding hydrogens is 218 g/mol. The van der Waals surface area contributed by atoms with Crippen molar-refractivity contribution >= 4 is 5.91 Å². The van der Waals surface area contributed by atoms with Crippen molar-refractivity contribution in [1.82, 2.24) is 5.32 Å². The Balaban J connectivity index is 3.83. The highest BCUT2D eigenvalue weighted by molar-refractivity contribution is 5.75. The number of hydrogen-bond acceptors (Lipinski definition) is 3. The molecule has 0 fully saturated rings. The van der Waals surface area contributed by atoms with Crippen molar-refractivity contribution in [3.05, 3.63) is 0 Å². The van der Waals surface area contributed by atoms with Gasteiger partial charge in [0.15, 0.2) is 0 Å². The second kappa shape index (κ2) is 6.97. The van der Waals surface area contributed by atoms with Gasteiger partial charge in [-0.1, -0.05) is 20.8 Å². The molecule has 1 unspecified atom stereocenters. The van der Waals surface area contributed by atoms with Crippen LogP contribution in [0, 0.1) is 5.41 Å². The molecule has 0 bridgehead atoms. The number of nitrogens with one attached hydrogen (secondary N) is 1. The Bertz CT molecular complexity index is 231. The molecule has 0 heterocycles. The molecule has 0 aromatic carbocycles. The van der Waals surface area contributed by atoms with Gasteiger partial charge in [-0.15, -0.1) is 0 Å². The van der Waals surface area contributed by atoms with Crippen LogP contribution >= 0.6 is 0 Å². The summed E-state index contributed by atoms with van der Waals surface area (Å²) in [6.07, 6.45) is 1.87. The molecule has 1 amide bonds. The summed E-state index contributed by atoms with van der Waals surface area (Å²) in [4.78, 5) is 11.6. The number of aliphatic hydroxyl groups is 1. The van der Waals surface area contributed by atoms with Crippen LogP contribution < -0.4 is 5.32 Å². The molecule has 17 heavy (non-hydrogen) atoms. The molecule has 2 N–H and O–H groups in total. The molecule has 1 atom stereocenters. The first-order valence-corrected chi connectivity index (χ1v) is 6.14. The standard InChI is InChI=1S/C13H27NO3/c1-12(2,3)7-6-11(15)14-10-13(4,16)8-9-17-5/h16H,6-10H2,1-5H3,(H,14,15). The van der Waals surface area contributed by atoms with Gasteiger partial charge in [-0.2, -0.15) is 0 Å². The molecule has 0 saturated heterocycles. The maximum absolute atomic E-state index is 11.6. The smallest absolute Gasteiger partial charge is 0.220 e. The van der Waals surface area contributed by atoms with Crippen molar-refractivity contribution in [3.8, 4) is 0 Å². The highest BCUT2D eigenvalue weighted by Gasteiger charge is 2.21. The summed E-state index contributed by atoms with van der Waals surface area (Å²) in [7, 11) is 1.60. The fraction of sp³-hybridized carbons (Fsp3) is 0.923. The van der Waals surface area contributed by atoms with Gasteiger partial charge in [0.1, 0.15) is 0 Å². The van der Waals surface area contributed by atoms with Crippen LogP contribution in [-0.4, -0.2) is 36.9 Å². The molecule has 0 aliphatic heterocycles. The number of methoxy groups -OCH3 is 1. The molecule has 4 heteroatoms. The van der Waals surface area contributed by atoms with E-state index in [1.54, 1.807) is 14.0 Å². The van der Waals surface area contributed by atoms with Gasteiger partial charge >= 0.3 is 0 Å². The quantitative estimate of drug-likeness (QED) is 0.718. The highest BCUT2D eigenvalue weighted by atomic mass is 16.5. The van der Waals surface area contributed by atoms with Crippen LogP contribution in [0.4, 0.5) is 0 Å². The molecule has 0 saturated carbocycles. The fourth-order valence-electron chi connectivity index (χ4n) is 1.28. The summed E-state index contributed by atoms with van der Waals surface area (Å²) in [5.74, 6) is -0.00221. The monoisotopic (exact) mass is 245 g/mol. The average Bonchev–Trinajstić information content (AvgIpc) is 2.20. The second-order valence-corrected chi connectivity index (χ2v) is 6.08. The maximum Gasteiger partial charge on any atom is 0.220 e. The van der Waals surface area contributed by atoms with E-state index >= 15 is 0 Å². The van der Waals surface area contributed by atoms with E-state index in [0.717, 1.165) is 6.42 Å². The third kappa shape index (κ3) is 10.3. The molecule has 0 spiro atoms. The molecule has 0 aromatic rings. The lowest BCUT2D eigenvalue weighted by molar-refractivity contribution is -0.122. The number of rotatable bonds is 7. The van der Waals surface area contributed by atoms with Gasteiger partial charge in [0.05, 0.1) is 5.60 Å². The van der Waals surface area contributed by atoms with Crippen LogP contribution in [0.3, 0.4) is 0 Å². The van der Waals surface area contributed by atoms with Crippen LogP contribution in [0.5, 0.6) is 0 Å². The van der Waals surface area contributed by atoms with Crippen molar-refractivity contribution in [2.24, 2.45) is 5.41 Å². The van der Waals surface area contributed by atoms with Crippen LogP contribution in [0.1, 0.15) is 47.0 Å². The Morgan fingerprint density at radius 3 is 2.29 bits per heavy atom. The van der Waals surface area contributed by atoms with E-state index < -0.39 is 5.60 Å². The van der Waals surface area contributed by atoms with E-state index in [1.807, 2.05) is 0 Å². The lowest BCUT2D eigenvalue weighted by Gasteiger charge is -2.24. The molecule has 0 radical (unpaired) electrons. The van der Waals surface area contributed by atoms with Gasteiger partial charge in [-0.3, -0.25) is 4.79 Å². The first-order chi connectivity index (χ1) is 7.66. The normalized spacial score (nSPS) is 15.4. The van der Waals surface area contributed by atoms with Crippen LogP contribution in [-0.2, 0) is 9.53 Å². The lowest BCUT2D eigenvalue weighted by Crippen LogP contribution is -2.41. The van der Waals surface area contributed by atoms with Crippen molar-refractivity contribution in [3.63, 3.8) is 0 Å². The van der Waals surface area contributed by atoms with E-state index in [2.05, 4.69) is 26.1 Å². The van der Waals surface area contributed by atoms with Crippen molar-refractivity contribution in [1.29, 1.82) is 0 Å². The van der Waals surface area contributed by atoms with E-state index in [9.17, 15) is 9.90 Å². The summed E-state index contributed by atoms with van der Waals surface area (Å²) in [5.41, 5.74) is -0.733. The molecule has 0 rings (SSSR count). The fourth-order valence-corrected chi connectivity index (χ4v) is 1.28. The third-order valence-corrected chi connectivity index (χ3v) is 2.61. The Morgan fingerprint density at radius 1 is 1.24 bits per heavy atom. The summed E-state index contributed by atoms with van der Waals surface area (Å²) in [6.45, 7) is 8.79. The number of hydrogen-bond donors (Lipinski definition) is 2. The number of carbonyl (C=O) groups excluding carboxylic acids is 1. The molecule has 0 aliphatic carbocycles. The predicted molar refractivity (Wildman–Crippen MR) is 68.8 cm³/mol. The summed E-state index contributed by atoms with van der Waals surface area (Å²) < 4.78 is 4.90. The highest BCUT2D eigenvalue weighted by Crippen LogP contribution is 2.20. The molecule has 0 aromatic heterocycles. The summed E-state index contributed by atoms with van der Waals surface area (Å²) in [6, 6.07) is 0. The van der Waals surface area contributed by atoms with Gasteiger partial charge in [0.25, 0.3) is 0 Å². The van der Waals surface area contributed by atoms with Crippen LogP contribution in [0.2, 0.25) is 0 Å². The molecule has 0 aliphatic rings. The molecular formula is C13H27NO3. The number of carbonyl (C=O) groups is 1. The van der Waals surface area contributed by atoms with Gasteiger partial charge in [-0.05, 0) is 18.8 Å². The topological polar surface area (TPSA) is 58.6 Å². The average molecular weight is 245 g/mol. The minimum atomic E-state index is -0.895. The Hall–Kier alpha value is -0.610. The summed E-state index contributed by atoms with van der Waals surface area (Å²) in [5, 5.41) is 12.7. The van der Waals surface area contributed by atoms with E-state index in [4.69, 9.17) is 4.74 Å². The predicted octanol–water partition coefficient (Wildman–Crippen LogP) is 1.72. The van der Waals surface area contributed by atoms with Crippen molar-refractivity contribution in [2.75, 3.05) is 20.3 Å². The minimum absolute atomic E-state index is 0.00221. The molecule has 102 valence electrons. The van der Waals surface area contributed by atoms with Crippen molar-refractivity contribution < 1.29 is 14.6 Å². The van der Waals surface area contributed by atoms with Crippen LogP contribution in [0.25, 0.3) is 0 Å². The van der Waals surface area contributed by atoms with E-state index in [1.165, 1.54) is 0 Å². The van der Waals surface area contributed by atoms with Gasteiger partial charge in [0.2, 0.25) is 5.91 Å². The van der Waals surface area contributed by atoms with Gasteiger partial charge in [-0.25, -0.2) is 0 Å². The SMILES string of the molecule is COCCC(C)(O)CNC(=O)CCC(C)(C)C. The van der Waals surface area contributed by atoms with Gasteiger partial charge in [0, 0.05) is 33.1 Å².